The zero-order valence-corrected chi connectivity index (χ0v) is 16.8. The molecule has 4 rings (SSSR count). The van der Waals surface area contributed by atoms with Crippen LogP contribution in [0.1, 0.15) is 28.1 Å². The van der Waals surface area contributed by atoms with E-state index in [1.54, 1.807) is 13.3 Å². The molecule has 0 saturated carbocycles. The zero-order valence-electron chi connectivity index (χ0n) is 15.2. The van der Waals surface area contributed by atoms with Gasteiger partial charge in [-0.2, -0.15) is 0 Å². The molecule has 5 nitrogen and oxygen atoms in total. The van der Waals surface area contributed by atoms with Crippen LogP contribution in [0.15, 0.2) is 29.0 Å². The van der Waals surface area contributed by atoms with Crippen LogP contribution in [0, 0.1) is 13.8 Å². The lowest BCUT2D eigenvalue weighted by Gasteiger charge is -2.28. The minimum Gasteiger partial charge on any atom is -0.496 e. The molecule has 0 amide bonds. The third kappa shape index (κ3) is 3.19. The number of halogens is 1. The lowest BCUT2D eigenvalue weighted by Crippen LogP contribution is -2.31. The molecule has 0 atom stereocenters. The molecule has 0 bridgehead atoms. The number of aryl methyl sites for hydroxylation is 1. The molecule has 3 aromatic rings. The smallest absolute Gasteiger partial charge is 0.159 e. The molecule has 0 fully saturated rings. The van der Waals surface area contributed by atoms with E-state index in [9.17, 15) is 0 Å². The maximum absolute atomic E-state index is 5.54. The first-order valence-corrected chi connectivity index (χ1v) is 9.50. The number of aromatic nitrogens is 3. The summed E-state index contributed by atoms with van der Waals surface area (Å²) < 4.78 is 6.52. The van der Waals surface area contributed by atoms with Crippen molar-refractivity contribution < 1.29 is 4.74 Å². The number of fused-ring (bicyclic) bond motifs is 2. The van der Waals surface area contributed by atoms with E-state index in [2.05, 4.69) is 49.9 Å². The highest BCUT2D eigenvalue weighted by molar-refractivity contribution is 9.10. The van der Waals surface area contributed by atoms with Crippen LogP contribution in [0.5, 0.6) is 5.75 Å². The molecule has 0 aromatic carbocycles. The van der Waals surface area contributed by atoms with E-state index in [-0.39, 0.29) is 0 Å². The minimum atomic E-state index is 0.816. The first kappa shape index (κ1) is 17.4. The second-order valence-electron chi connectivity index (χ2n) is 6.80. The van der Waals surface area contributed by atoms with Crippen molar-refractivity contribution in [2.75, 3.05) is 13.7 Å². The number of hydrogen-bond donors (Lipinski definition) is 0. The van der Waals surface area contributed by atoms with Crippen LogP contribution in [-0.4, -0.2) is 33.5 Å². The second kappa shape index (κ2) is 6.93. The Bertz CT molecular complexity index is 989. The average Bonchev–Trinajstić information content (AvgIpc) is 2.63. The van der Waals surface area contributed by atoms with Crippen LogP contribution in [0.4, 0.5) is 0 Å². The number of rotatable bonds is 3. The highest BCUT2D eigenvalue weighted by atomic mass is 79.9. The molecule has 0 N–H and O–H groups in total. The van der Waals surface area contributed by atoms with Gasteiger partial charge in [-0.3, -0.25) is 9.88 Å². The molecule has 134 valence electrons. The van der Waals surface area contributed by atoms with E-state index in [1.165, 1.54) is 5.56 Å². The number of methoxy groups -OCH3 is 1. The van der Waals surface area contributed by atoms with Crippen molar-refractivity contribution in [3.63, 3.8) is 0 Å². The number of ether oxygens (including phenoxy) is 1. The zero-order chi connectivity index (χ0) is 18.3. The van der Waals surface area contributed by atoms with Gasteiger partial charge in [-0.05, 0) is 47.5 Å². The molecular weight excluding hydrogens is 392 g/mol. The summed E-state index contributed by atoms with van der Waals surface area (Å²) in [7, 11) is 1.72. The largest absolute Gasteiger partial charge is 0.496 e. The Morgan fingerprint density at radius 2 is 2.04 bits per heavy atom. The predicted molar refractivity (Wildman–Crippen MR) is 105 cm³/mol. The normalized spacial score (nSPS) is 14.5. The van der Waals surface area contributed by atoms with Crippen molar-refractivity contribution in [1.29, 1.82) is 0 Å². The van der Waals surface area contributed by atoms with Crippen molar-refractivity contribution in [1.82, 2.24) is 19.9 Å². The van der Waals surface area contributed by atoms with Crippen molar-refractivity contribution in [3.8, 4) is 5.75 Å². The Labute approximate surface area is 161 Å². The number of hydrogen-bond acceptors (Lipinski definition) is 5. The number of pyridine rings is 3. The molecule has 0 spiro atoms. The third-order valence-corrected chi connectivity index (χ3v) is 5.42. The van der Waals surface area contributed by atoms with Gasteiger partial charge >= 0.3 is 0 Å². The Kier molecular flexibility index (Phi) is 4.63. The molecule has 0 unspecified atom stereocenters. The molecule has 4 heterocycles. The fraction of sp³-hybridized carbons (Fsp3) is 0.350. The molecule has 0 aliphatic carbocycles. The minimum absolute atomic E-state index is 0.816. The number of nitrogens with zero attached hydrogens (tertiary/aromatic N) is 4. The van der Waals surface area contributed by atoms with Gasteiger partial charge in [-0.1, -0.05) is 0 Å². The lowest BCUT2D eigenvalue weighted by atomic mass is 10.0. The summed E-state index contributed by atoms with van der Waals surface area (Å²) in [6, 6.07) is 4.29. The van der Waals surface area contributed by atoms with E-state index in [0.717, 1.165) is 69.8 Å². The van der Waals surface area contributed by atoms with Gasteiger partial charge in [0.2, 0.25) is 0 Å². The summed E-state index contributed by atoms with van der Waals surface area (Å²) in [6.07, 6.45) is 4.64. The monoisotopic (exact) mass is 412 g/mol. The second-order valence-corrected chi connectivity index (χ2v) is 7.72. The molecular formula is C20H21BrN4O. The van der Waals surface area contributed by atoms with Gasteiger partial charge in [-0.25, -0.2) is 9.97 Å². The van der Waals surface area contributed by atoms with Crippen LogP contribution < -0.4 is 4.74 Å². The SMILES string of the molecule is COc1c(C)cnc(CN2CCc3nc4ncc(Br)cc4cc3C2)c1C. The molecule has 0 saturated heterocycles. The summed E-state index contributed by atoms with van der Waals surface area (Å²) in [5, 5.41) is 1.08. The van der Waals surface area contributed by atoms with E-state index in [0.29, 0.717) is 0 Å². The molecule has 3 aromatic heterocycles. The van der Waals surface area contributed by atoms with Crippen molar-refractivity contribution in [3.05, 3.63) is 57.1 Å². The highest BCUT2D eigenvalue weighted by Crippen LogP contribution is 2.27. The van der Waals surface area contributed by atoms with Crippen LogP contribution in [0.3, 0.4) is 0 Å². The van der Waals surface area contributed by atoms with E-state index >= 15 is 0 Å². The van der Waals surface area contributed by atoms with Gasteiger partial charge in [-0.15, -0.1) is 0 Å². The molecule has 1 aliphatic rings. The Morgan fingerprint density at radius 3 is 2.85 bits per heavy atom. The Balaban J connectivity index is 1.61. The summed E-state index contributed by atoms with van der Waals surface area (Å²) in [5.74, 6) is 0.941. The average molecular weight is 413 g/mol. The van der Waals surface area contributed by atoms with Gasteiger partial charge < -0.3 is 4.74 Å². The maximum atomic E-state index is 5.54. The van der Waals surface area contributed by atoms with Crippen molar-refractivity contribution in [2.24, 2.45) is 0 Å². The summed E-state index contributed by atoms with van der Waals surface area (Å²) in [5.41, 5.74) is 6.54. The van der Waals surface area contributed by atoms with Crippen LogP contribution in [0.25, 0.3) is 11.0 Å². The van der Waals surface area contributed by atoms with Gasteiger partial charge in [0, 0.05) is 65.1 Å². The maximum Gasteiger partial charge on any atom is 0.159 e. The molecule has 6 heteroatoms. The van der Waals surface area contributed by atoms with Crippen LogP contribution in [-0.2, 0) is 19.5 Å². The van der Waals surface area contributed by atoms with Gasteiger partial charge in [0.05, 0.1) is 12.8 Å². The molecule has 1 aliphatic heterocycles. The summed E-state index contributed by atoms with van der Waals surface area (Å²) in [4.78, 5) is 16.2. The van der Waals surface area contributed by atoms with Crippen LogP contribution in [0.2, 0.25) is 0 Å². The summed E-state index contributed by atoms with van der Waals surface area (Å²) in [6.45, 7) is 6.78. The standard InChI is InChI=1S/C20H21BrN4O/c1-12-8-22-18(13(2)19(12)26-3)11-25-5-4-17-15(10-25)6-14-7-16(21)9-23-20(14)24-17/h6-9H,4-5,10-11H2,1-3H3. The Morgan fingerprint density at radius 1 is 1.19 bits per heavy atom. The fourth-order valence-electron chi connectivity index (χ4n) is 3.63. The van der Waals surface area contributed by atoms with E-state index in [4.69, 9.17) is 9.72 Å². The summed E-state index contributed by atoms with van der Waals surface area (Å²) >= 11 is 3.49. The Hall–Kier alpha value is -2.05. The first-order chi connectivity index (χ1) is 12.5. The van der Waals surface area contributed by atoms with Crippen molar-refractivity contribution in [2.45, 2.75) is 33.4 Å². The highest BCUT2D eigenvalue weighted by Gasteiger charge is 2.20. The van der Waals surface area contributed by atoms with Gasteiger partial charge in [0.1, 0.15) is 5.75 Å². The predicted octanol–water partition coefficient (Wildman–Crippen LogP) is 3.97. The van der Waals surface area contributed by atoms with Gasteiger partial charge in [0.25, 0.3) is 0 Å². The fourth-order valence-corrected chi connectivity index (χ4v) is 3.98. The third-order valence-electron chi connectivity index (χ3n) is 4.98. The molecule has 26 heavy (non-hydrogen) atoms. The first-order valence-electron chi connectivity index (χ1n) is 8.70. The van der Waals surface area contributed by atoms with Crippen LogP contribution >= 0.6 is 15.9 Å². The molecule has 0 radical (unpaired) electrons. The lowest BCUT2D eigenvalue weighted by molar-refractivity contribution is 0.240. The van der Waals surface area contributed by atoms with E-state index in [1.807, 2.05) is 13.1 Å². The van der Waals surface area contributed by atoms with Gasteiger partial charge in [0.15, 0.2) is 5.65 Å². The topological polar surface area (TPSA) is 51.1 Å². The van der Waals surface area contributed by atoms with E-state index < -0.39 is 0 Å². The van der Waals surface area contributed by atoms with Crippen molar-refractivity contribution >= 4 is 27.0 Å². The quantitative estimate of drug-likeness (QED) is 0.651.